The number of carbonyl (C=O) groups excluding carboxylic acids is 2. The third-order valence-corrected chi connectivity index (χ3v) is 6.03. The predicted molar refractivity (Wildman–Crippen MR) is 113 cm³/mol. The van der Waals surface area contributed by atoms with Gasteiger partial charge in [0, 0.05) is 25.1 Å². The Morgan fingerprint density at radius 2 is 2.28 bits per heavy atom. The first-order chi connectivity index (χ1) is 14.0. The van der Waals surface area contributed by atoms with Gasteiger partial charge in [-0.2, -0.15) is 15.4 Å². The number of nitrogens with zero attached hydrogens (tertiary/aromatic N) is 3. The lowest BCUT2D eigenvalue weighted by molar-refractivity contribution is -0.122. The van der Waals surface area contributed by atoms with Crippen LogP contribution in [0.25, 0.3) is 0 Å². The summed E-state index contributed by atoms with van der Waals surface area (Å²) in [4.78, 5) is 26.3. The molecule has 1 amide bonds. The van der Waals surface area contributed by atoms with Crippen molar-refractivity contribution < 1.29 is 9.59 Å². The topological polar surface area (TPSA) is 91.0 Å². The molecule has 3 rings (SSSR count). The minimum atomic E-state index is -0.236. The van der Waals surface area contributed by atoms with Crippen molar-refractivity contribution >= 4 is 17.9 Å². The van der Waals surface area contributed by atoms with Gasteiger partial charge >= 0.3 is 0 Å². The van der Waals surface area contributed by atoms with Crippen LogP contribution in [0, 0.1) is 11.8 Å². The third kappa shape index (κ3) is 5.02. The van der Waals surface area contributed by atoms with Gasteiger partial charge in [0.05, 0.1) is 12.7 Å². The Morgan fingerprint density at radius 3 is 2.97 bits per heavy atom. The smallest absolute Gasteiger partial charge is 0.243 e. The van der Waals surface area contributed by atoms with Gasteiger partial charge in [0.1, 0.15) is 18.0 Å². The molecule has 3 unspecified atom stereocenters. The number of hydrogen-bond acceptors (Lipinski definition) is 5. The summed E-state index contributed by atoms with van der Waals surface area (Å²) in [5.41, 5.74) is 4.25. The van der Waals surface area contributed by atoms with Crippen molar-refractivity contribution in [2.24, 2.45) is 11.8 Å². The Kier molecular flexibility index (Phi) is 7.01. The number of aryl methyl sites for hydroxylation is 1. The van der Waals surface area contributed by atoms with Gasteiger partial charge in [-0.05, 0) is 36.3 Å². The van der Waals surface area contributed by atoms with Crippen molar-refractivity contribution in [1.82, 2.24) is 20.7 Å². The highest BCUT2D eigenvalue weighted by Crippen LogP contribution is 2.35. The molecule has 156 valence electrons. The van der Waals surface area contributed by atoms with E-state index in [1.165, 1.54) is 11.1 Å². The highest BCUT2D eigenvalue weighted by molar-refractivity contribution is 5.88. The second-order valence-corrected chi connectivity index (χ2v) is 8.12. The summed E-state index contributed by atoms with van der Waals surface area (Å²) < 4.78 is 0. The zero-order chi connectivity index (χ0) is 20.8. The van der Waals surface area contributed by atoms with Crippen LogP contribution in [0.3, 0.4) is 0 Å². The first-order valence-corrected chi connectivity index (χ1v) is 10.4. The highest BCUT2D eigenvalue weighted by atomic mass is 16.2. The molecular weight excluding hydrogens is 366 g/mol. The number of anilines is 1. The number of H-pyrrole nitrogens is 1. The van der Waals surface area contributed by atoms with Crippen molar-refractivity contribution in [3.63, 3.8) is 0 Å². The molecule has 1 aliphatic heterocycles. The lowest BCUT2D eigenvalue weighted by atomic mass is 9.90. The molecule has 1 aliphatic rings. The molecule has 0 aliphatic carbocycles. The van der Waals surface area contributed by atoms with Crippen LogP contribution >= 0.6 is 0 Å². The molecule has 0 bridgehead atoms. The summed E-state index contributed by atoms with van der Waals surface area (Å²) in [7, 11) is 1.98. The summed E-state index contributed by atoms with van der Waals surface area (Å²) in [6.45, 7) is 4.73. The van der Waals surface area contributed by atoms with E-state index in [1.54, 1.807) is 6.20 Å². The predicted octanol–water partition coefficient (Wildman–Crippen LogP) is 2.67. The van der Waals surface area contributed by atoms with Gasteiger partial charge in [-0.15, -0.1) is 0 Å². The third-order valence-electron chi connectivity index (χ3n) is 6.03. The van der Waals surface area contributed by atoms with Crippen LogP contribution in [0.1, 0.15) is 49.9 Å². The minimum Gasteiger partial charge on any atom is -0.362 e. The van der Waals surface area contributed by atoms with Gasteiger partial charge in [-0.3, -0.25) is 4.79 Å². The number of fused-ring (bicyclic) bond motifs is 1. The van der Waals surface area contributed by atoms with Crippen LogP contribution in [0.4, 0.5) is 5.69 Å². The van der Waals surface area contributed by atoms with Crippen molar-refractivity contribution in [1.29, 1.82) is 0 Å². The molecule has 7 heteroatoms. The first-order valence-electron chi connectivity index (χ1n) is 10.4. The molecule has 7 nitrogen and oxygen atoms in total. The van der Waals surface area contributed by atoms with Gasteiger partial charge in [-0.1, -0.05) is 38.5 Å². The normalized spacial score (nSPS) is 17.6. The molecule has 0 saturated carbocycles. The van der Waals surface area contributed by atoms with Gasteiger partial charge in [0.2, 0.25) is 5.91 Å². The summed E-state index contributed by atoms with van der Waals surface area (Å²) in [5, 5.41) is 13.2. The summed E-state index contributed by atoms with van der Waals surface area (Å²) in [5.74, 6) is 0.640. The number of nitrogens with one attached hydrogen (secondary N) is 2. The molecular formula is C22H31N5O2. The maximum absolute atomic E-state index is 12.7. The maximum Gasteiger partial charge on any atom is 0.243 e. The average molecular weight is 398 g/mol. The number of aromatic amines is 1. The average Bonchev–Trinajstić information content (AvgIpc) is 3.37. The van der Waals surface area contributed by atoms with Crippen LogP contribution in [0.15, 0.2) is 24.4 Å². The second kappa shape index (κ2) is 9.67. The molecule has 0 saturated heterocycles. The lowest BCUT2D eigenvalue weighted by Gasteiger charge is -2.24. The van der Waals surface area contributed by atoms with Gasteiger partial charge in [-0.25, -0.2) is 0 Å². The van der Waals surface area contributed by atoms with E-state index >= 15 is 0 Å². The Hall–Kier alpha value is -2.70. The zero-order valence-corrected chi connectivity index (χ0v) is 17.5. The number of aromatic nitrogens is 3. The maximum atomic E-state index is 12.7. The molecule has 1 aromatic carbocycles. The minimum absolute atomic E-state index is 0.0137. The molecule has 29 heavy (non-hydrogen) atoms. The molecule has 0 radical (unpaired) electrons. The van der Waals surface area contributed by atoms with E-state index in [4.69, 9.17) is 0 Å². The molecule has 1 aromatic heterocycles. The van der Waals surface area contributed by atoms with Crippen LogP contribution in [-0.2, 0) is 29.0 Å². The van der Waals surface area contributed by atoms with Crippen molar-refractivity contribution in [2.75, 3.05) is 11.9 Å². The summed E-state index contributed by atoms with van der Waals surface area (Å²) in [6, 6.07) is 6.04. The van der Waals surface area contributed by atoms with E-state index in [9.17, 15) is 9.59 Å². The first kappa shape index (κ1) is 21.0. The van der Waals surface area contributed by atoms with Crippen LogP contribution in [-0.4, -0.2) is 40.7 Å². The summed E-state index contributed by atoms with van der Waals surface area (Å²) >= 11 is 0. The van der Waals surface area contributed by atoms with E-state index in [2.05, 4.69) is 57.7 Å². The number of likely N-dealkylation sites (N-methyl/N-ethyl adjacent to an activating group) is 1. The Morgan fingerprint density at radius 1 is 1.45 bits per heavy atom. The molecule has 0 spiro atoms. The van der Waals surface area contributed by atoms with Gasteiger partial charge in [0.25, 0.3) is 0 Å². The Bertz CT molecular complexity index is 821. The Balaban J connectivity index is 1.64. The fourth-order valence-electron chi connectivity index (χ4n) is 4.11. The largest absolute Gasteiger partial charge is 0.362 e. The number of aldehydes is 1. The molecule has 3 atom stereocenters. The van der Waals surface area contributed by atoms with E-state index in [0.29, 0.717) is 24.6 Å². The van der Waals surface area contributed by atoms with E-state index < -0.39 is 0 Å². The zero-order valence-electron chi connectivity index (χ0n) is 17.5. The fourth-order valence-corrected chi connectivity index (χ4v) is 4.11. The van der Waals surface area contributed by atoms with Crippen LogP contribution in [0.2, 0.25) is 0 Å². The fraction of sp³-hybridized carbons (Fsp3) is 0.545. The van der Waals surface area contributed by atoms with Crippen molar-refractivity contribution in [2.45, 2.75) is 58.5 Å². The lowest BCUT2D eigenvalue weighted by Crippen LogP contribution is -2.43. The quantitative estimate of drug-likeness (QED) is 0.602. The van der Waals surface area contributed by atoms with Crippen LogP contribution in [0.5, 0.6) is 0 Å². The summed E-state index contributed by atoms with van der Waals surface area (Å²) in [6.07, 6.45) is 7.14. The van der Waals surface area contributed by atoms with E-state index in [-0.39, 0.29) is 17.9 Å². The standard InChI is InChI=1S/C22H31N5O2/c1-4-15(2)10-16(14-28)8-9-17-6-5-7-18-11-20(27(3)21(17)18)22(29)23-12-19-13-24-26-25-19/h5-7,13-16,20H,4,8-12H2,1-3H3,(H,23,29)(H,24,25,26). The SMILES string of the molecule is CCC(C)CC(C=O)CCc1cccc2c1N(C)C(C(=O)NCc1cn[nH]n1)C2. The number of rotatable bonds is 10. The second-order valence-electron chi connectivity index (χ2n) is 8.12. The number of benzene rings is 1. The number of carbonyl (C=O) groups is 2. The number of hydrogen-bond donors (Lipinski definition) is 2. The molecule has 2 N–H and O–H groups in total. The van der Waals surface area contributed by atoms with E-state index in [0.717, 1.165) is 37.7 Å². The molecule has 2 aromatic rings. The monoisotopic (exact) mass is 397 g/mol. The number of para-hydroxylation sites is 1. The Labute approximate surface area is 172 Å². The van der Waals surface area contributed by atoms with E-state index in [1.807, 2.05) is 7.05 Å². The number of amides is 1. The van der Waals surface area contributed by atoms with Crippen LogP contribution < -0.4 is 10.2 Å². The molecule has 2 heterocycles. The van der Waals surface area contributed by atoms with Crippen molar-refractivity contribution in [3.8, 4) is 0 Å². The molecule has 0 fully saturated rings. The van der Waals surface area contributed by atoms with Crippen molar-refractivity contribution in [3.05, 3.63) is 41.2 Å². The highest BCUT2D eigenvalue weighted by Gasteiger charge is 2.33. The van der Waals surface area contributed by atoms with Gasteiger partial charge in [0.15, 0.2) is 0 Å². The van der Waals surface area contributed by atoms with Gasteiger partial charge < -0.3 is 15.0 Å².